The van der Waals surface area contributed by atoms with Crippen LogP contribution >= 0.6 is 15.9 Å². The van der Waals surface area contributed by atoms with Crippen LogP contribution < -0.4 is 10.5 Å². The second-order valence-corrected chi connectivity index (χ2v) is 6.76. The van der Waals surface area contributed by atoms with Crippen LogP contribution in [-0.4, -0.2) is 51.1 Å². The van der Waals surface area contributed by atoms with Crippen LogP contribution in [0, 0.1) is 0 Å². The number of aliphatic hydroxyl groups excluding tert-OH is 1. The lowest BCUT2D eigenvalue weighted by molar-refractivity contribution is 0.113. The quantitative estimate of drug-likeness (QED) is 0.686. The number of aliphatic hydroxyl groups is 1. The van der Waals surface area contributed by atoms with Gasteiger partial charge in [-0.05, 0) is 28.1 Å². The van der Waals surface area contributed by atoms with Gasteiger partial charge in [0.25, 0.3) is 6.43 Å². The van der Waals surface area contributed by atoms with E-state index < -0.39 is 36.1 Å². The van der Waals surface area contributed by atoms with Crippen LogP contribution in [-0.2, 0) is 10.0 Å². The first-order chi connectivity index (χ1) is 9.73. The number of nitrogens with zero attached hydrogens (tertiary/aromatic N) is 1. The molecule has 0 aliphatic heterocycles. The molecule has 21 heavy (non-hydrogen) atoms. The van der Waals surface area contributed by atoms with Crippen LogP contribution in [0.5, 0.6) is 5.75 Å². The van der Waals surface area contributed by atoms with Crippen molar-refractivity contribution in [3.8, 4) is 5.75 Å². The Bertz CT molecular complexity index is 598. The van der Waals surface area contributed by atoms with Crippen LogP contribution in [0.4, 0.5) is 14.5 Å². The number of hydrogen-bond acceptors (Lipinski definition) is 5. The number of ether oxygens (including phenoxy) is 1. The number of rotatable bonds is 7. The number of halogens is 3. The topological polar surface area (TPSA) is 92.9 Å². The maximum absolute atomic E-state index is 12.5. The third-order valence-electron chi connectivity index (χ3n) is 2.59. The van der Waals surface area contributed by atoms with Gasteiger partial charge in [0.1, 0.15) is 10.6 Å². The highest BCUT2D eigenvalue weighted by Gasteiger charge is 2.30. The first-order valence-electron chi connectivity index (χ1n) is 5.76. The molecule has 0 atom stereocenters. The summed E-state index contributed by atoms with van der Waals surface area (Å²) in [4.78, 5) is -0.334. The Kier molecular flexibility index (Phi) is 6.32. The van der Waals surface area contributed by atoms with Crippen molar-refractivity contribution < 1.29 is 27.0 Å². The third kappa shape index (κ3) is 4.25. The van der Waals surface area contributed by atoms with E-state index in [4.69, 9.17) is 15.6 Å². The van der Waals surface area contributed by atoms with E-state index >= 15 is 0 Å². The maximum Gasteiger partial charge on any atom is 0.252 e. The van der Waals surface area contributed by atoms with Gasteiger partial charge < -0.3 is 15.6 Å². The number of anilines is 1. The minimum Gasteiger partial charge on any atom is -0.495 e. The molecule has 0 spiro atoms. The average Bonchev–Trinajstić information content (AvgIpc) is 2.40. The molecule has 0 aliphatic rings. The summed E-state index contributed by atoms with van der Waals surface area (Å²) in [6, 6.07) is 2.45. The first-order valence-corrected chi connectivity index (χ1v) is 7.99. The molecule has 0 radical (unpaired) electrons. The Morgan fingerprint density at radius 2 is 2.10 bits per heavy atom. The van der Waals surface area contributed by atoms with Crippen LogP contribution in [0.1, 0.15) is 0 Å². The molecular formula is C11H15BrF2N2O4S. The van der Waals surface area contributed by atoms with Gasteiger partial charge >= 0.3 is 0 Å². The molecule has 0 saturated heterocycles. The van der Waals surface area contributed by atoms with Gasteiger partial charge in [0, 0.05) is 16.7 Å². The Morgan fingerprint density at radius 1 is 1.48 bits per heavy atom. The lowest BCUT2D eigenvalue weighted by Crippen LogP contribution is -2.37. The number of benzene rings is 1. The maximum atomic E-state index is 12.5. The zero-order valence-electron chi connectivity index (χ0n) is 11.1. The molecule has 0 amide bonds. The highest BCUT2D eigenvalue weighted by Crippen LogP contribution is 2.34. The fourth-order valence-electron chi connectivity index (χ4n) is 1.63. The number of nitrogen functional groups attached to an aromatic ring is 1. The van der Waals surface area contributed by atoms with Crippen LogP contribution in [0.3, 0.4) is 0 Å². The van der Waals surface area contributed by atoms with Gasteiger partial charge in [-0.25, -0.2) is 17.2 Å². The number of nitrogens with two attached hydrogens (primary N) is 1. The third-order valence-corrected chi connectivity index (χ3v) is 5.16. The van der Waals surface area contributed by atoms with Crippen molar-refractivity contribution in [3.05, 3.63) is 16.6 Å². The monoisotopic (exact) mass is 388 g/mol. The van der Waals surface area contributed by atoms with Crippen molar-refractivity contribution in [3.63, 3.8) is 0 Å². The predicted molar refractivity (Wildman–Crippen MR) is 77.0 cm³/mol. The lowest BCUT2D eigenvalue weighted by atomic mass is 10.3. The number of hydrogen-bond donors (Lipinski definition) is 2. The minimum atomic E-state index is -4.27. The van der Waals surface area contributed by atoms with Gasteiger partial charge in [0.2, 0.25) is 10.0 Å². The van der Waals surface area contributed by atoms with Crippen molar-refractivity contribution >= 4 is 31.6 Å². The molecule has 0 saturated carbocycles. The van der Waals surface area contributed by atoms with E-state index in [1.165, 1.54) is 13.2 Å². The van der Waals surface area contributed by atoms with Gasteiger partial charge in [-0.2, -0.15) is 4.31 Å². The van der Waals surface area contributed by atoms with Gasteiger partial charge in [0.05, 0.1) is 20.3 Å². The molecule has 0 fully saturated rings. The van der Waals surface area contributed by atoms with Crippen LogP contribution in [0.15, 0.2) is 21.5 Å². The summed E-state index contributed by atoms with van der Waals surface area (Å²) in [6.07, 6.45) is -2.87. The molecule has 0 heterocycles. The van der Waals surface area contributed by atoms with E-state index in [9.17, 15) is 17.2 Å². The van der Waals surface area contributed by atoms with Crippen molar-refractivity contribution in [2.75, 3.05) is 32.5 Å². The molecule has 10 heteroatoms. The summed E-state index contributed by atoms with van der Waals surface area (Å²) in [5.74, 6) is -0.0340. The first kappa shape index (κ1) is 18.1. The van der Waals surface area contributed by atoms with Crippen molar-refractivity contribution in [1.82, 2.24) is 4.31 Å². The molecule has 0 unspecified atom stereocenters. The smallest absolute Gasteiger partial charge is 0.252 e. The van der Waals surface area contributed by atoms with E-state index in [2.05, 4.69) is 15.9 Å². The second-order valence-electron chi connectivity index (χ2n) is 4.00. The van der Waals surface area contributed by atoms with Crippen molar-refractivity contribution in [1.29, 1.82) is 0 Å². The Morgan fingerprint density at radius 3 is 2.57 bits per heavy atom. The van der Waals surface area contributed by atoms with Gasteiger partial charge in [-0.15, -0.1) is 0 Å². The molecular weight excluding hydrogens is 374 g/mol. The van der Waals surface area contributed by atoms with Crippen LogP contribution in [0.2, 0.25) is 0 Å². The standard InChI is InChI=1S/C11H15BrF2N2O4S/c1-20-9-4-7(12)8(15)5-10(9)21(18,19)16(2-3-17)6-11(13)14/h4-5,11,17H,2-3,6,15H2,1H3. The second kappa shape index (κ2) is 7.34. The molecule has 120 valence electrons. The normalized spacial score (nSPS) is 12.1. The molecule has 0 aliphatic carbocycles. The van der Waals surface area contributed by atoms with E-state index in [1.54, 1.807) is 0 Å². The van der Waals surface area contributed by atoms with Crippen molar-refractivity contribution in [2.24, 2.45) is 0 Å². The molecule has 6 nitrogen and oxygen atoms in total. The number of methoxy groups -OCH3 is 1. The Balaban J connectivity index is 3.36. The van der Waals surface area contributed by atoms with E-state index in [0.29, 0.717) is 8.78 Å². The van der Waals surface area contributed by atoms with E-state index in [-0.39, 0.29) is 16.3 Å². The van der Waals surface area contributed by atoms with Gasteiger partial charge in [0.15, 0.2) is 0 Å². The molecule has 0 bridgehead atoms. The van der Waals surface area contributed by atoms with Gasteiger partial charge in [-0.1, -0.05) is 0 Å². The molecule has 1 aromatic rings. The summed E-state index contributed by atoms with van der Waals surface area (Å²) in [6.45, 7) is -2.06. The Labute approximate surface area is 129 Å². The average molecular weight is 389 g/mol. The van der Waals surface area contributed by atoms with E-state index in [0.717, 1.165) is 6.07 Å². The summed E-state index contributed by atoms with van der Waals surface area (Å²) < 4.78 is 55.8. The fraction of sp³-hybridized carbons (Fsp3) is 0.455. The Hall–Kier alpha value is -0.970. The highest BCUT2D eigenvalue weighted by molar-refractivity contribution is 9.10. The molecule has 0 aromatic heterocycles. The number of sulfonamides is 1. The summed E-state index contributed by atoms with van der Waals surface area (Å²) in [5.41, 5.74) is 5.75. The predicted octanol–water partition coefficient (Wildman–Crippen LogP) is 1.29. The minimum absolute atomic E-state index is 0.0340. The van der Waals surface area contributed by atoms with E-state index in [1.807, 2.05) is 0 Å². The highest BCUT2D eigenvalue weighted by atomic mass is 79.9. The largest absolute Gasteiger partial charge is 0.495 e. The SMILES string of the molecule is COc1cc(Br)c(N)cc1S(=O)(=O)N(CCO)CC(F)F. The lowest BCUT2D eigenvalue weighted by Gasteiger charge is -2.22. The zero-order valence-corrected chi connectivity index (χ0v) is 13.5. The fourth-order valence-corrected chi connectivity index (χ4v) is 3.53. The molecule has 1 rings (SSSR count). The van der Waals surface area contributed by atoms with Crippen molar-refractivity contribution in [2.45, 2.75) is 11.3 Å². The molecule has 3 N–H and O–H groups in total. The number of alkyl halides is 2. The summed E-state index contributed by atoms with van der Waals surface area (Å²) in [7, 11) is -3.02. The zero-order chi connectivity index (χ0) is 16.2. The summed E-state index contributed by atoms with van der Waals surface area (Å²) >= 11 is 3.12. The summed E-state index contributed by atoms with van der Waals surface area (Å²) in [5, 5.41) is 8.87. The van der Waals surface area contributed by atoms with Crippen LogP contribution in [0.25, 0.3) is 0 Å². The molecule has 1 aromatic carbocycles. The van der Waals surface area contributed by atoms with Gasteiger partial charge in [-0.3, -0.25) is 0 Å².